The third-order valence-corrected chi connectivity index (χ3v) is 2.00. The van der Waals surface area contributed by atoms with E-state index in [0.29, 0.717) is 0 Å². The van der Waals surface area contributed by atoms with Crippen molar-refractivity contribution < 1.29 is 40.5 Å². The summed E-state index contributed by atoms with van der Waals surface area (Å²) in [6, 6.07) is 4.60. The molecule has 0 atom stereocenters. The van der Waals surface area contributed by atoms with Crippen molar-refractivity contribution >= 4 is 10.1 Å². The number of hydrogen-bond acceptors (Lipinski definition) is 3. The fourth-order valence-corrected chi connectivity index (χ4v) is 1.10. The van der Waals surface area contributed by atoms with E-state index in [4.69, 9.17) is 9.66 Å². The Hall–Kier alpha value is -0.330. The molecule has 4 nitrogen and oxygen atoms in total. The number of hydrogen-bond donors (Lipinski definition) is 2. The second kappa shape index (κ2) is 4.06. The summed E-state index contributed by atoms with van der Waals surface area (Å²) < 4.78 is 29.3. The van der Waals surface area contributed by atoms with E-state index in [2.05, 4.69) is 0 Å². The van der Waals surface area contributed by atoms with Gasteiger partial charge in [0.05, 0.1) is 4.90 Å². The molecule has 0 aromatic heterocycles. The summed E-state index contributed by atoms with van der Waals surface area (Å²) in [7, 11) is -4.13. The van der Waals surface area contributed by atoms with Crippen LogP contribution in [0.25, 0.3) is 0 Å². The summed E-state index contributed by atoms with van der Waals surface area (Å²) >= 11 is 0. The standard InChI is InChI=1S/C6H6O4S.Ag/c7-5-1-3-6(4-2-5)11(8,9)10;/h1-4,7H,(H,8,9,10);. The third-order valence-electron chi connectivity index (χ3n) is 1.13. The van der Waals surface area contributed by atoms with Crippen molar-refractivity contribution in [3.8, 4) is 5.75 Å². The molecule has 0 heterocycles. The van der Waals surface area contributed by atoms with E-state index in [1.165, 1.54) is 12.1 Å². The fourth-order valence-electron chi connectivity index (χ4n) is 0.618. The van der Waals surface area contributed by atoms with Crippen LogP contribution in [0.5, 0.6) is 5.75 Å². The molecule has 2 N–H and O–H groups in total. The molecular formula is C6H6AgO4S. The van der Waals surface area contributed by atoms with Crippen molar-refractivity contribution in [2.45, 2.75) is 4.90 Å². The Bertz CT molecular complexity index is 342. The normalized spacial score (nSPS) is 10.4. The quantitative estimate of drug-likeness (QED) is 0.585. The molecule has 1 rings (SSSR count). The average molecular weight is 282 g/mol. The van der Waals surface area contributed by atoms with Crippen LogP contribution in [0.4, 0.5) is 0 Å². The molecule has 0 aliphatic rings. The van der Waals surface area contributed by atoms with Crippen LogP contribution in [-0.4, -0.2) is 18.1 Å². The van der Waals surface area contributed by atoms with Gasteiger partial charge in [0, 0.05) is 22.4 Å². The van der Waals surface area contributed by atoms with E-state index in [1.807, 2.05) is 0 Å². The van der Waals surface area contributed by atoms with Crippen LogP contribution in [0.1, 0.15) is 0 Å². The van der Waals surface area contributed by atoms with Crippen LogP contribution in [0, 0.1) is 0 Å². The summed E-state index contributed by atoms with van der Waals surface area (Å²) in [6.07, 6.45) is 0. The molecule has 71 valence electrons. The molecule has 0 saturated heterocycles. The predicted molar refractivity (Wildman–Crippen MR) is 37.9 cm³/mol. The predicted octanol–water partition coefficient (Wildman–Crippen LogP) is 0.636. The van der Waals surface area contributed by atoms with Crippen LogP contribution in [0.3, 0.4) is 0 Å². The zero-order chi connectivity index (χ0) is 8.48. The molecule has 0 aliphatic heterocycles. The van der Waals surface area contributed by atoms with E-state index < -0.39 is 10.1 Å². The first-order valence-electron chi connectivity index (χ1n) is 2.77. The van der Waals surface area contributed by atoms with Gasteiger partial charge in [0.2, 0.25) is 0 Å². The van der Waals surface area contributed by atoms with Gasteiger partial charge in [-0.05, 0) is 24.3 Å². The van der Waals surface area contributed by atoms with Crippen molar-refractivity contribution in [1.29, 1.82) is 0 Å². The Balaban J connectivity index is 0.00000121. The maximum atomic E-state index is 10.4. The van der Waals surface area contributed by atoms with E-state index in [9.17, 15) is 8.42 Å². The van der Waals surface area contributed by atoms with Crippen molar-refractivity contribution in [2.75, 3.05) is 0 Å². The van der Waals surface area contributed by atoms with E-state index in [0.717, 1.165) is 12.1 Å². The van der Waals surface area contributed by atoms with Crippen molar-refractivity contribution in [1.82, 2.24) is 0 Å². The topological polar surface area (TPSA) is 74.6 Å². The van der Waals surface area contributed by atoms with Crippen molar-refractivity contribution in [3.63, 3.8) is 0 Å². The number of rotatable bonds is 1. The Labute approximate surface area is 85.5 Å². The van der Waals surface area contributed by atoms with Gasteiger partial charge in [0.25, 0.3) is 10.1 Å². The van der Waals surface area contributed by atoms with Crippen LogP contribution in [-0.2, 0) is 32.5 Å². The first-order valence-corrected chi connectivity index (χ1v) is 4.21. The largest absolute Gasteiger partial charge is 0.508 e. The Morgan fingerprint density at radius 1 is 1.08 bits per heavy atom. The molecule has 6 heteroatoms. The van der Waals surface area contributed by atoms with Gasteiger partial charge in [-0.15, -0.1) is 0 Å². The maximum Gasteiger partial charge on any atom is 0.294 e. The van der Waals surface area contributed by atoms with Crippen molar-refractivity contribution in [2.24, 2.45) is 0 Å². The molecule has 1 aromatic rings. The first-order chi connectivity index (χ1) is 5.00. The molecule has 0 fully saturated rings. The zero-order valence-electron chi connectivity index (χ0n) is 5.73. The molecule has 0 saturated carbocycles. The molecule has 0 bridgehead atoms. The number of phenolic OH excluding ortho intramolecular Hbond substituents is 1. The molecule has 12 heavy (non-hydrogen) atoms. The van der Waals surface area contributed by atoms with E-state index in [1.54, 1.807) is 0 Å². The summed E-state index contributed by atoms with van der Waals surface area (Å²) in [6.45, 7) is 0. The summed E-state index contributed by atoms with van der Waals surface area (Å²) in [5.41, 5.74) is 0. The van der Waals surface area contributed by atoms with Crippen LogP contribution < -0.4 is 0 Å². The second-order valence-electron chi connectivity index (χ2n) is 1.97. The van der Waals surface area contributed by atoms with Gasteiger partial charge in [0.15, 0.2) is 0 Å². The first kappa shape index (κ1) is 11.7. The molecule has 0 spiro atoms. The Kier molecular flexibility index (Phi) is 3.95. The van der Waals surface area contributed by atoms with E-state index in [-0.39, 0.29) is 33.0 Å². The minimum absolute atomic E-state index is 0. The van der Waals surface area contributed by atoms with Gasteiger partial charge in [-0.1, -0.05) is 0 Å². The Morgan fingerprint density at radius 3 is 1.83 bits per heavy atom. The molecule has 0 unspecified atom stereocenters. The second-order valence-corrected chi connectivity index (χ2v) is 3.39. The minimum atomic E-state index is -4.13. The fraction of sp³-hybridized carbons (Fsp3) is 0. The van der Waals surface area contributed by atoms with Gasteiger partial charge in [-0.3, -0.25) is 4.55 Å². The maximum absolute atomic E-state index is 10.4. The van der Waals surface area contributed by atoms with Crippen LogP contribution in [0.2, 0.25) is 0 Å². The van der Waals surface area contributed by atoms with Gasteiger partial charge >= 0.3 is 0 Å². The molecular weight excluding hydrogens is 276 g/mol. The van der Waals surface area contributed by atoms with E-state index >= 15 is 0 Å². The number of benzene rings is 1. The third kappa shape index (κ3) is 2.96. The van der Waals surface area contributed by atoms with Gasteiger partial charge < -0.3 is 5.11 Å². The van der Waals surface area contributed by atoms with Crippen LogP contribution in [0.15, 0.2) is 29.2 Å². The molecule has 0 amide bonds. The zero-order valence-corrected chi connectivity index (χ0v) is 8.03. The van der Waals surface area contributed by atoms with Gasteiger partial charge in [-0.25, -0.2) is 0 Å². The van der Waals surface area contributed by atoms with Gasteiger partial charge in [0.1, 0.15) is 5.75 Å². The SMILES string of the molecule is O=S(=O)(O)c1ccc(O)cc1.[Ag]. The van der Waals surface area contributed by atoms with Crippen molar-refractivity contribution in [3.05, 3.63) is 24.3 Å². The number of phenols is 1. The monoisotopic (exact) mass is 281 g/mol. The van der Waals surface area contributed by atoms with Gasteiger partial charge in [-0.2, -0.15) is 8.42 Å². The number of aromatic hydroxyl groups is 1. The summed E-state index contributed by atoms with van der Waals surface area (Å²) in [5.74, 6) is -0.0441. The molecule has 1 radical (unpaired) electrons. The summed E-state index contributed by atoms with van der Waals surface area (Å²) in [4.78, 5) is -0.227. The Morgan fingerprint density at radius 2 is 1.50 bits per heavy atom. The molecule has 1 aromatic carbocycles. The van der Waals surface area contributed by atoms with Crippen LogP contribution >= 0.6 is 0 Å². The molecule has 0 aliphatic carbocycles. The smallest absolute Gasteiger partial charge is 0.294 e. The minimum Gasteiger partial charge on any atom is -0.508 e. The summed E-state index contributed by atoms with van der Waals surface area (Å²) in [5, 5.41) is 8.75. The average Bonchev–Trinajstić information content (AvgIpc) is 1.86.